The summed E-state index contributed by atoms with van der Waals surface area (Å²) >= 11 is 0. The maximum absolute atomic E-state index is 12.5. The molecular formula is C15H31N3O. The Bertz CT molecular complexity index is 279. The van der Waals surface area contributed by atoms with Crippen LogP contribution in [0.3, 0.4) is 0 Å². The third-order valence-corrected chi connectivity index (χ3v) is 3.62. The average molecular weight is 269 g/mol. The van der Waals surface area contributed by atoms with E-state index in [-0.39, 0.29) is 12.2 Å². The largest absolute Gasteiger partial charge is 0.326 e. The lowest BCUT2D eigenvalue weighted by Crippen LogP contribution is -2.38. The lowest BCUT2D eigenvalue weighted by atomic mass is 10.0. The van der Waals surface area contributed by atoms with Crippen LogP contribution in [0.4, 0.5) is 0 Å². The monoisotopic (exact) mass is 269 g/mol. The Morgan fingerprint density at radius 1 is 1.37 bits per heavy atom. The molecule has 0 aliphatic carbocycles. The lowest BCUT2D eigenvalue weighted by Gasteiger charge is -2.24. The Kier molecular flexibility index (Phi) is 6.80. The number of carbonyl (C=O) groups excluding carboxylic acids is 1. The van der Waals surface area contributed by atoms with Crippen molar-refractivity contribution in [3.8, 4) is 0 Å². The fourth-order valence-electron chi connectivity index (χ4n) is 2.72. The smallest absolute Gasteiger partial charge is 0.241 e. The molecule has 1 N–H and O–H groups in total. The van der Waals surface area contributed by atoms with E-state index in [9.17, 15) is 4.79 Å². The second kappa shape index (κ2) is 7.85. The second-order valence-electron chi connectivity index (χ2n) is 6.34. The quantitative estimate of drug-likeness (QED) is 0.731. The van der Waals surface area contributed by atoms with Crippen LogP contribution in [0.15, 0.2) is 0 Å². The van der Waals surface area contributed by atoms with Gasteiger partial charge in [-0.2, -0.15) is 0 Å². The fourth-order valence-corrected chi connectivity index (χ4v) is 2.72. The summed E-state index contributed by atoms with van der Waals surface area (Å²) in [6.07, 6.45) is 4.42. The highest BCUT2D eigenvalue weighted by Crippen LogP contribution is 2.20. The molecule has 2 unspecified atom stereocenters. The van der Waals surface area contributed by atoms with E-state index in [1.54, 1.807) is 0 Å². The van der Waals surface area contributed by atoms with Gasteiger partial charge in [-0.1, -0.05) is 27.2 Å². The first-order chi connectivity index (χ1) is 8.95. The lowest BCUT2D eigenvalue weighted by molar-refractivity contribution is -0.130. The Hall–Kier alpha value is -0.610. The molecule has 1 rings (SSSR count). The first-order valence-corrected chi connectivity index (χ1v) is 7.67. The predicted octanol–water partition coefficient (Wildman–Crippen LogP) is 1.91. The van der Waals surface area contributed by atoms with Crippen molar-refractivity contribution in [1.29, 1.82) is 0 Å². The van der Waals surface area contributed by atoms with Gasteiger partial charge in [-0.05, 0) is 45.8 Å². The van der Waals surface area contributed by atoms with Gasteiger partial charge in [0.05, 0.1) is 12.2 Å². The van der Waals surface area contributed by atoms with Gasteiger partial charge in [0.25, 0.3) is 0 Å². The SMILES string of the molecule is CCCC1NC(CC(C)C)C(=O)N1CCCN(C)C. The number of nitrogens with zero attached hydrogens (tertiary/aromatic N) is 2. The van der Waals surface area contributed by atoms with E-state index in [4.69, 9.17) is 0 Å². The molecule has 4 heteroatoms. The molecule has 0 aromatic rings. The van der Waals surface area contributed by atoms with E-state index >= 15 is 0 Å². The van der Waals surface area contributed by atoms with Gasteiger partial charge < -0.3 is 9.80 Å². The minimum absolute atomic E-state index is 0.0379. The van der Waals surface area contributed by atoms with Gasteiger partial charge in [-0.3, -0.25) is 10.1 Å². The van der Waals surface area contributed by atoms with Crippen molar-refractivity contribution in [2.24, 2.45) is 5.92 Å². The van der Waals surface area contributed by atoms with Crippen LogP contribution < -0.4 is 5.32 Å². The zero-order chi connectivity index (χ0) is 14.4. The number of hydrogen-bond donors (Lipinski definition) is 1. The minimum atomic E-state index is 0.0379. The summed E-state index contributed by atoms with van der Waals surface area (Å²) in [5.74, 6) is 0.872. The molecule has 0 aromatic carbocycles. The Morgan fingerprint density at radius 3 is 2.58 bits per heavy atom. The molecule has 0 saturated carbocycles. The van der Waals surface area contributed by atoms with Gasteiger partial charge in [0.2, 0.25) is 5.91 Å². The fraction of sp³-hybridized carbons (Fsp3) is 0.933. The number of carbonyl (C=O) groups is 1. The molecule has 0 radical (unpaired) electrons. The van der Waals surface area contributed by atoms with Crippen molar-refractivity contribution in [2.45, 2.75) is 58.7 Å². The number of hydrogen-bond acceptors (Lipinski definition) is 3. The molecule has 0 spiro atoms. The highest BCUT2D eigenvalue weighted by Gasteiger charge is 2.37. The highest BCUT2D eigenvalue weighted by molar-refractivity contribution is 5.84. The van der Waals surface area contributed by atoms with Crippen LogP contribution in [-0.4, -0.2) is 55.1 Å². The maximum Gasteiger partial charge on any atom is 0.241 e. The number of nitrogens with one attached hydrogen (secondary N) is 1. The third-order valence-electron chi connectivity index (χ3n) is 3.62. The van der Waals surface area contributed by atoms with Crippen molar-refractivity contribution in [3.63, 3.8) is 0 Å². The molecule has 1 aliphatic heterocycles. The van der Waals surface area contributed by atoms with E-state index in [1.807, 2.05) is 0 Å². The summed E-state index contributed by atoms with van der Waals surface area (Å²) in [6, 6.07) is 0.0379. The molecule has 0 aromatic heterocycles. The summed E-state index contributed by atoms with van der Waals surface area (Å²) in [4.78, 5) is 16.7. The van der Waals surface area contributed by atoms with Gasteiger partial charge >= 0.3 is 0 Å². The Labute approximate surface area is 118 Å². The Balaban J connectivity index is 2.55. The first kappa shape index (κ1) is 16.4. The highest BCUT2D eigenvalue weighted by atomic mass is 16.2. The third kappa shape index (κ3) is 5.11. The van der Waals surface area contributed by atoms with E-state index in [2.05, 4.69) is 50.0 Å². The molecule has 1 saturated heterocycles. The van der Waals surface area contributed by atoms with Crippen LogP contribution >= 0.6 is 0 Å². The van der Waals surface area contributed by atoms with Crippen LogP contribution in [0.5, 0.6) is 0 Å². The normalized spacial score (nSPS) is 23.9. The topological polar surface area (TPSA) is 35.6 Å². The van der Waals surface area contributed by atoms with Crippen molar-refractivity contribution >= 4 is 5.91 Å². The van der Waals surface area contributed by atoms with Crippen molar-refractivity contribution in [1.82, 2.24) is 15.1 Å². The standard InChI is InChI=1S/C15H31N3O/c1-6-8-14-16-13(11-12(2)3)15(19)18(14)10-7-9-17(4)5/h12-14,16H,6-11H2,1-5H3. The molecule has 1 heterocycles. The van der Waals surface area contributed by atoms with Crippen molar-refractivity contribution in [2.75, 3.05) is 27.2 Å². The zero-order valence-electron chi connectivity index (χ0n) is 13.3. The number of amides is 1. The van der Waals surface area contributed by atoms with Gasteiger partial charge in [-0.15, -0.1) is 0 Å². The van der Waals surface area contributed by atoms with Crippen LogP contribution in [0.25, 0.3) is 0 Å². The molecule has 4 nitrogen and oxygen atoms in total. The summed E-state index contributed by atoms with van der Waals surface area (Å²) in [7, 11) is 4.16. The number of rotatable bonds is 8. The van der Waals surface area contributed by atoms with Crippen LogP contribution in [-0.2, 0) is 4.79 Å². The van der Waals surface area contributed by atoms with Crippen LogP contribution in [0.1, 0.15) is 46.5 Å². The van der Waals surface area contributed by atoms with Gasteiger partial charge in [-0.25, -0.2) is 0 Å². The summed E-state index contributed by atoms with van der Waals surface area (Å²) in [5, 5.41) is 3.52. The molecule has 112 valence electrons. The van der Waals surface area contributed by atoms with Crippen molar-refractivity contribution < 1.29 is 4.79 Å². The van der Waals surface area contributed by atoms with Crippen LogP contribution in [0, 0.1) is 5.92 Å². The average Bonchev–Trinajstić information content (AvgIpc) is 2.57. The summed E-state index contributed by atoms with van der Waals surface area (Å²) in [6.45, 7) is 8.46. The van der Waals surface area contributed by atoms with E-state index in [1.165, 1.54) is 0 Å². The molecule has 2 atom stereocenters. The molecular weight excluding hydrogens is 238 g/mol. The summed E-state index contributed by atoms with van der Waals surface area (Å²) in [5.41, 5.74) is 0. The minimum Gasteiger partial charge on any atom is -0.326 e. The van der Waals surface area contributed by atoms with E-state index in [0.29, 0.717) is 11.8 Å². The first-order valence-electron chi connectivity index (χ1n) is 7.67. The van der Waals surface area contributed by atoms with Gasteiger partial charge in [0, 0.05) is 6.54 Å². The molecule has 1 amide bonds. The molecule has 0 bridgehead atoms. The molecule has 1 aliphatic rings. The van der Waals surface area contributed by atoms with E-state index < -0.39 is 0 Å². The van der Waals surface area contributed by atoms with Gasteiger partial charge in [0.15, 0.2) is 0 Å². The molecule has 19 heavy (non-hydrogen) atoms. The second-order valence-corrected chi connectivity index (χ2v) is 6.34. The summed E-state index contributed by atoms with van der Waals surface area (Å²) < 4.78 is 0. The van der Waals surface area contributed by atoms with E-state index in [0.717, 1.165) is 38.8 Å². The zero-order valence-corrected chi connectivity index (χ0v) is 13.3. The predicted molar refractivity (Wildman–Crippen MR) is 80.0 cm³/mol. The van der Waals surface area contributed by atoms with Crippen molar-refractivity contribution in [3.05, 3.63) is 0 Å². The van der Waals surface area contributed by atoms with Gasteiger partial charge in [0.1, 0.15) is 0 Å². The van der Waals surface area contributed by atoms with Crippen LogP contribution in [0.2, 0.25) is 0 Å². The Morgan fingerprint density at radius 2 is 2.05 bits per heavy atom. The maximum atomic E-state index is 12.5. The molecule has 1 fully saturated rings.